The summed E-state index contributed by atoms with van der Waals surface area (Å²) in [5, 5.41) is 25.7. The number of nitrogens with zero attached hydrogens (tertiary/aromatic N) is 2. The van der Waals surface area contributed by atoms with Crippen LogP contribution in [0.1, 0.15) is 178 Å². The Balaban J connectivity index is 0.000000168. The van der Waals surface area contributed by atoms with Crippen molar-refractivity contribution in [2.24, 2.45) is 32.5 Å². The van der Waals surface area contributed by atoms with Gasteiger partial charge in [0, 0.05) is 70.6 Å². The standard InChI is InChI=1S/C34H34NS.C33H32NS.C15H28O2.Ir/c1-20-11-12-23-22(15-20)16-27-31-30-25(13-14-35-31)24-10-8-9-21(18-33(2,3)4)26(24)17-29(30)36-32(27)28(23)19-34(5,6)7;1-32(2,3)18-21-11-9-13-23-24-14-15-34-30-26-16-20-10-7-8-12-22(20)27(19-33(4,5)6)31(26)35-28(29(24)30)17-25(21)23;1-7-14(5,8-2)12(16)11-13(17)15(6,9-3)10-4;/h8-15,17H,18-19H2,1-7H3;7-15,17H,18-19H2,1-6H3;11,16H,7-10H2,1-6H3;/q2*-1;;/b;;12-11-;. The number of carbonyl (C=O) groups excluding carboxylic acids is 1. The molecule has 0 fully saturated rings. The van der Waals surface area contributed by atoms with Gasteiger partial charge in [-0.15, -0.1) is 58.6 Å². The molecule has 12 rings (SSSR count). The first-order valence-electron chi connectivity index (χ1n) is 32.3. The van der Waals surface area contributed by atoms with E-state index in [1.807, 2.05) is 77.5 Å². The first kappa shape index (κ1) is 67.6. The molecule has 1 radical (unpaired) electrons. The molecule has 89 heavy (non-hydrogen) atoms. The van der Waals surface area contributed by atoms with Crippen molar-refractivity contribution < 1.29 is 30.0 Å². The second kappa shape index (κ2) is 25.7. The second-order valence-corrected chi connectivity index (χ2v) is 32.8. The third kappa shape index (κ3) is 14.0. The molecule has 4 heterocycles. The predicted octanol–water partition coefficient (Wildman–Crippen LogP) is 24.3. The number of aliphatic hydroxyl groups excluding tert-OH is 1. The minimum Gasteiger partial charge on any atom is -0.512 e. The van der Waals surface area contributed by atoms with Crippen molar-refractivity contribution >= 4 is 93.9 Å². The third-order valence-corrected chi connectivity index (χ3v) is 20.9. The molecule has 1 N–H and O–H groups in total. The number of allylic oxidation sites excluding steroid dienone is 2. The van der Waals surface area contributed by atoms with E-state index in [-0.39, 0.29) is 64.1 Å². The summed E-state index contributed by atoms with van der Waals surface area (Å²) < 4.78 is 0. The van der Waals surface area contributed by atoms with Crippen molar-refractivity contribution in [1.82, 2.24) is 9.97 Å². The van der Waals surface area contributed by atoms with Gasteiger partial charge in [-0.2, -0.15) is 0 Å². The average Bonchev–Trinajstić information content (AvgIpc) is 0.784. The predicted molar refractivity (Wildman–Crippen MR) is 381 cm³/mol. The number of aromatic nitrogens is 2. The molecular formula is C82H94IrN2O2S2-2. The fourth-order valence-corrected chi connectivity index (χ4v) is 15.5. The minimum absolute atomic E-state index is 0. The van der Waals surface area contributed by atoms with E-state index in [1.165, 1.54) is 124 Å². The van der Waals surface area contributed by atoms with E-state index >= 15 is 0 Å². The van der Waals surface area contributed by atoms with E-state index in [1.54, 1.807) is 0 Å². The molecule has 0 bridgehead atoms. The van der Waals surface area contributed by atoms with Crippen LogP contribution in [0.4, 0.5) is 0 Å². The molecule has 0 amide bonds. The molecule has 2 aliphatic heterocycles. The van der Waals surface area contributed by atoms with Gasteiger partial charge in [-0.05, 0) is 168 Å². The average molecular weight is 1400 g/mol. The minimum atomic E-state index is -0.337. The van der Waals surface area contributed by atoms with Crippen LogP contribution in [0.5, 0.6) is 0 Å². The van der Waals surface area contributed by atoms with Crippen molar-refractivity contribution in [1.29, 1.82) is 0 Å². The Hall–Kier alpha value is -5.82. The number of fused-ring (bicyclic) bond motifs is 10. The fraction of sp³-hybridized carbons (Fsp3) is 0.402. The van der Waals surface area contributed by atoms with Crippen molar-refractivity contribution in [2.75, 3.05) is 0 Å². The summed E-state index contributed by atoms with van der Waals surface area (Å²) in [6.07, 6.45) is 12.9. The molecule has 2 aromatic heterocycles. The number of ketones is 1. The Kier molecular flexibility index (Phi) is 19.5. The van der Waals surface area contributed by atoms with Crippen molar-refractivity contribution in [3.05, 3.63) is 167 Å². The number of rotatable bonds is 11. The summed E-state index contributed by atoms with van der Waals surface area (Å²) in [6, 6.07) is 46.1. The van der Waals surface area contributed by atoms with Gasteiger partial charge in [0.1, 0.15) is 5.76 Å². The number of carbonyl (C=O) groups is 1. The van der Waals surface area contributed by atoms with Crippen LogP contribution < -0.4 is 0 Å². The molecule has 0 aliphatic carbocycles. The van der Waals surface area contributed by atoms with Crippen LogP contribution in [-0.2, 0) is 50.6 Å². The van der Waals surface area contributed by atoms with Gasteiger partial charge in [0.05, 0.1) is 0 Å². The SMILES string of the molecule is CC(C)(C)Cc1c2c([c-]c3ccccc13)-c1nccc3c1c(cc1c(CC(C)(C)C)cccc13)S2.CCC(C)(CC)C(=O)/C=C(\O)C(C)(CC)CC.Cc1ccc2c(CC(C)(C)C)c3c([c-]c2c1)-c1nccc2c1c(cc1c(CC(C)(C)C)cccc12)S3.[Ir]. The van der Waals surface area contributed by atoms with Gasteiger partial charge in [-0.1, -0.05) is 230 Å². The van der Waals surface area contributed by atoms with E-state index in [0.717, 1.165) is 68.3 Å². The molecule has 0 saturated heterocycles. The summed E-state index contributed by atoms with van der Waals surface area (Å²) >= 11 is 3.86. The Bertz CT molecular complexity index is 4380. The van der Waals surface area contributed by atoms with Gasteiger partial charge in [0.25, 0.3) is 0 Å². The van der Waals surface area contributed by atoms with E-state index < -0.39 is 0 Å². The summed E-state index contributed by atoms with van der Waals surface area (Å²) in [7, 11) is 0. The second-order valence-electron chi connectivity index (χ2n) is 30.7. The van der Waals surface area contributed by atoms with E-state index in [2.05, 4.69) is 205 Å². The maximum atomic E-state index is 12.2. The molecule has 8 aromatic carbocycles. The maximum Gasteiger partial charge on any atom is 0.164 e. The zero-order valence-electron chi connectivity index (χ0n) is 56.6. The first-order chi connectivity index (χ1) is 41.4. The van der Waals surface area contributed by atoms with Gasteiger partial charge < -0.3 is 5.11 Å². The molecule has 0 atom stereocenters. The zero-order valence-corrected chi connectivity index (χ0v) is 60.6. The smallest absolute Gasteiger partial charge is 0.164 e. The van der Waals surface area contributed by atoms with Gasteiger partial charge in [0.15, 0.2) is 5.78 Å². The zero-order chi connectivity index (χ0) is 63.6. The molecule has 467 valence electrons. The quantitative estimate of drug-likeness (QED) is 0.0603. The summed E-state index contributed by atoms with van der Waals surface area (Å²) in [5.74, 6) is 0.286. The van der Waals surface area contributed by atoms with Crippen LogP contribution in [0, 0.1) is 51.5 Å². The van der Waals surface area contributed by atoms with Gasteiger partial charge in [0.2, 0.25) is 0 Å². The molecule has 4 nitrogen and oxygen atoms in total. The summed E-state index contributed by atoms with van der Waals surface area (Å²) in [5.41, 5.74) is 11.7. The summed E-state index contributed by atoms with van der Waals surface area (Å²) in [6.45, 7) is 42.2. The molecule has 7 heteroatoms. The molecule has 0 unspecified atom stereocenters. The Morgan fingerprint density at radius 3 is 1.33 bits per heavy atom. The number of hydrogen-bond acceptors (Lipinski definition) is 6. The molecule has 2 aliphatic rings. The van der Waals surface area contributed by atoms with Crippen molar-refractivity contribution in [2.45, 2.75) is 202 Å². The fourth-order valence-electron chi connectivity index (χ4n) is 13.0. The Labute approximate surface area is 554 Å². The number of aryl methyl sites for hydroxylation is 1. The van der Waals surface area contributed by atoms with Crippen LogP contribution in [0.3, 0.4) is 0 Å². The van der Waals surface area contributed by atoms with Crippen LogP contribution in [0.15, 0.2) is 147 Å². The van der Waals surface area contributed by atoms with E-state index in [4.69, 9.17) is 9.97 Å². The van der Waals surface area contributed by atoms with Gasteiger partial charge >= 0.3 is 0 Å². The number of benzene rings is 8. The van der Waals surface area contributed by atoms with Crippen LogP contribution in [0.2, 0.25) is 0 Å². The van der Waals surface area contributed by atoms with E-state index in [0.29, 0.717) is 0 Å². The monoisotopic (exact) mass is 1400 g/mol. The molecule has 10 aromatic rings. The maximum absolute atomic E-state index is 12.2. The molecular weight excluding hydrogens is 1300 g/mol. The van der Waals surface area contributed by atoms with Crippen LogP contribution >= 0.6 is 23.5 Å². The van der Waals surface area contributed by atoms with Gasteiger partial charge in [-0.25, -0.2) is 0 Å². The number of pyridine rings is 2. The molecule has 0 spiro atoms. The number of hydrogen-bond donors (Lipinski definition) is 1. The summed E-state index contributed by atoms with van der Waals surface area (Å²) in [4.78, 5) is 27.4. The third-order valence-electron chi connectivity index (χ3n) is 18.5. The van der Waals surface area contributed by atoms with Crippen LogP contribution in [-0.4, -0.2) is 20.9 Å². The Morgan fingerprint density at radius 1 is 0.472 bits per heavy atom. The van der Waals surface area contributed by atoms with Gasteiger partial charge in [-0.3, -0.25) is 14.8 Å². The Morgan fingerprint density at radius 2 is 0.888 bits per heavy atom. The van der Waals surface area contributed by atoms with Crippen LogP contribution in [0.25, 0.3) is 87.1 Å². The largest absolute Gasteiger partial charge is 0.512 e. The topological polar surface area (TPSA) is 63.1 Å². The molecule has 0 saturated carbocycles. The first-order valence-corrected chi connectivity index (χ1v) is 33.9. The number of aliphatic hydroxyl groups is 1. The van der Waals surface area contributed by atoms with Crippen molar-refractivity contribution in [3.63, 3.8) is 0 Å². The van der Waals surface area contributed by atoms with E-state index in [9.17, 15) is 9.90 Å². The normalized spacial score (nSPS) is 13.4. The van der Waals surface area contributed by atoms with Crippen molar-refractivity contribution in [3.8, 4) is 22.5 Å².